The van der Waals surface area contributed by atoms with Crippen LogP contribution in [0.1, 0.15) is 0 Å². The normalized spacial score (nSPS) is 10.5. The number of halogens is 4. The van der Waals surface area contributed by atoms with Crippen LogP contribution in [0.2, 0.25) is 0 Å². The van der Waals surface area contributed by atoms with E-state index < -0.39 is 13.2 Å². The van der Waals surface area contributed by atoms with Crippen molar-refractivity contribution >= 4 is 57.4 Å². The maximum absolute atomic E-state index is 12.3. The van der Waals surface area contributed by atoms with E-state index in [0.717, 1.165) is 0 Å². The van der Waals surface area contributed by atoms with Gasteiger partial charge in [-0.15, -0.1) is 0 Å². The van der Waals surface area contributed by atoms with Crippen molar-refractivity contribution in [3.63, 3.8) is 0 Å². The summed E-state index contributed by atoms with van der Waals surface area (Å²) in [5, 5.41) is 12.4. The van der Waals surface area contributed by atoms with Crippen molar-refractivity contribution in [2.75, 3.05) is 28.4 Å². The van der Waals surface area contributed by atoms with E-state index in [1.165, 1.54) is 43.5 Å². The van der Waals surface area contributed by atoms with Crippen LogP contribution in [0.25, 0.3) is 0 Å². The number of ether oxygens (including phenoxy) is 3. The molecule has 0 radical (unpaired) electrons. The molecule has 0 saturated heterocycles. The highest BCUT2D eigenvalue weighted by Crippen LogP contribution is 2.28. The molecule has 3 aromatic carbocycles. The number of anilines is 4. The van der Waals surface area contributed by atoms with Crippen LogP contribution in [0.15, 0.2) is 66.7 Å². The largest absolute Gasteiger partial charge is 0.495 e. The van der Waals surface area contributed by atoms with Crippen molar-refractivity contribution in [2.24, 2.45) is 0 Å². The van der Waals surface area contributed by atoms with Gasteiger partial charge >= 0.3 is 13.2 Å². The minimum Gasteiger partial charge on any atom is -0.495 e. The van der Waals surface area contributed by atoms with Crippen LogP contribution in [0.4, 0.5) is 40.3 Å². The Morgan fingerprint density at radius 3 is 1.50 bits per heavy atom. The Kier molecular flexibility index (Phi) is 9.47. The van der Waals surface area contributed by atoms with Crippen LogP contribution in [0.5, 0.6) is 17.2 Å². The van der Waals surface area contributed by atoms with Crippen molar-refractivity contribution in [3.05, 3.63) is 66.7 Å². The zero-order chi connectivity index (χ0) is 26.1. The van der Waals surface area contributed by atoms with Gasteiger partial charge in [-0.1, -0.05) is 0 Å². The van der Waals surface area contributed by atoms with Gasteiger partial charge in [0, 0.05) is 17.1 Å². The molecule has 7 nitrogen and oxygen atoms in total. The molecule has 36 heavy (non-hydrogen) atoms. The van der Waals surface area contributed by atoms with Crippen LogP contribution in [-0.2, 0) is 0 Å². The second-order valence-electron chi connectivity index (χ2n) is 6.88. The molecular formula is C23H20F4N4O3S2. The molecule has 0 saturated carbocycles. The van der Waals surface area contributed by atoms with Crippen molar-refractivity contribution in [3.8, 4) is 17.2 Å². The maximum Gasteiger partial charge on any atom is 0.387 e. The molecule has 0 spiro atoms. The first kappa shape index (κ1) is 26.8. The minimum absolute atomic E-state index is 0.0249. The molecular weight excluding hydrogens is 520 g/mol. The van der Waals surface area contributed by atoms with E-state index in [2.05, 4.69) is 30.7 Å². The third-order valence-corrected chi connectivity index (χ3v) is 4.79. The summed E-state index contributed by atoms with van der Waals surface area (Å²) in [4.78, 5) is 0. The number of hydrogen-bond donors (Lipinski definition) is 4. The summed E-state index contributed by atoms with van der Waals surface area (Å²) in [6.07, 6.45) is 0. The summed E-state index contributed by atoms with van der Waals surface area (Å²) in [7, 11) is 1.50. The van der Waals surface area contributed by atoms with Crippen molar-refractivity contribution in [1.29, 1.82) is 0 Å². The van der Waals surface area contributed by atoms with E-state index in [1.54, 1.807) is 30.3 Å². The smallest absolute Gasteiger partial charge is 0.387 e. The SMILES string of the molecule is COc1ccc(NC(=S)Nc2ccc(OC(F)F)cc2)cc1NC(=S)Nc1ccc(OC(F)F)cc1. The van der Waals surface area contributed by atoms with Gasteiger partial charge in [0.15, 0.2) is 10.2 Å². The lowest BCUT2D eigenvalue weighted by Crippen LogP contribution is -2.21. The molecule has 0 atom stereocenters. The molecule has 4 N–H and O–H groups in total. The number of nitrogens with one attached hydrogen (secondary N) is 4. The fourth-order valence-electron chi connectivity index (χ4n) is 2.90. The van der Waals surface area contributed by atoms with Crippen molar-refractivity contribution in [2.45, 2.75) is 13.2 Å². The quantitative estimate of drug-likeness (QED) is 0.179. The lowest BCUT2D eigenvalue weighted by molar-refractivity contribution is -0.0505. The van der Waals surface area contributed by atoms with Crippen LogP contribution in [-0.4, -0.2) is 30.6 Å². The van der Waals surface area contributed by atoms with E-state index in [-0.39, 0.29) is 21.7 Å². The van der Waals surface area contributed by atoms with Gasteiger partial charge in [0.2, 0.25) is 0 Å². The first-order valence-electron chi connectivity index (χ1n) is 10.2. The zero-order valence-corrected chi connectivity index (χ0v) is 20.2. The van der Waals surface area contributed by atoms with Gasteiger partial charge in [0.05, 0.1) is 12.8 Å². The number of benzene rings is 3. The Bertz CT molecular complexity index is 1180. The number of alkyl halides is 4. The maximum atomic E-state index is 12.3. The zero-order valence-electron chi connectivity index (χ0n) is 18.6. The van der Waals surface area contributed by atoms with Crippen molar-refractivity contribution < 1.29 is 31.8 Å². The molecule has 190 valence electrons. The summed E-state index contributed by atoms with van der Waals surface area (Å²) in [5.41, 5.74) is 2.24. The molecule has 0 amide bonds. The van der Waals surface area contributed by atoms with Crippen LogP contribution >= 0.6 is 24.4 Å². The summed E-state index contributed by atoms with van der Waals surface area (Å²) in [5.74, 6) is 0.554. The highest BCUT2D eigenvalue weighted by atomic mass is 32.1. The minimum atomic E-state index is -2.91. The van der Waals surface area contributed by atoms with E-state index in [0.29, 0.717) is 28.5 Å². The van der Waals surface area contributed by atoms with Gasteiger partial charge in [-0.05, 0) is 91.2 Å². The number of thiocarbonyl (C=S) groups is 2. The van der Waals surface area contributed by atoms with Crippen LogP contribution < -0.4 is 35.5 Å². The molecule has 3 rings (SSSR count). The standard InChI is InChI=1S/C23H20F4N4O3S2/c1-32-19-11-6-15(30-22(35)28-13-2-7-16(8-3-13)33-20(24)25)12-18(19)31-23(36)29-14-4-9-17(10-5-14)34-21(26)27/h2-12,20-21H,1H3,(H2,28,30,35)(H2,29,31,36). The lowest BCUT2D eigenvalue weighted by Gasteiger charge is -2.16. The molecule has 0 aliphatic carbocycles. The van der Waals surface area contributed by atoms with Crippen LogP contribution in [0.3, 0.4) is 0 Å². The Balaban J connectivity index is 1.60. The molecule has 0 fully saturated rings. The Morgan fingerprint density at radius 1 is 0.639 bits per heavy atom. The predicted molar refractivity (Wildman–Crippen MR) is 139 cm³/mol. The Labute approximate surface area is 214 Å². The number of hydrogen-bond acceptors (Lipinski definition) is 5. The van der Waals surface area contributed by atoms with E-state index in [9.17, 15) is 17.6 Å². The Hall–Kier alpha value is -3.84. The third kappa shape index (κ3) is 8.43. The lowest BCUT2D eigenvalue weighted by atomic mass is 10.2. The third-order valence-electron chi connectivity index (χ3n) is 4.38. The second-order valence-corrected chi connectivity index (χ2v) is 7.70. The van der Waals surface area contributed by atoms with Gasteiger partial charge in [-0.3, -0.25) is 0 Å². The number of methoxy groups -OCH3 is 1. The Morgan fingerprint density at radius 2 is 1.06 bits per heavy atom. The summed E-state index contributed by atoms with van der Waals surface area (Å²) >= 11 is 10.7. The predicted octanol–water partition coefficient (Wildman–Crippen LogP) is 6.52. The monoisotopic (exact) mass is 540 g/mol. The van der Waals surface area contributed by atoms with Crippen molar-refractivity contribution in [1.82, 2.24) is 0 Å². The molecule has 0 unspecified atom stereocenters. The number of rotatable bonds is 9. The van der Waals surface area contributed by atoms with E-state index in [1.807, 2.05) is 0 Å². The van der Waals surface area contributed by atoms with Gasteiger partial charge in [0.25, 0.3) is 0 Å². The highest BCUT2D eigenvalue weighted by molar-refractivity contribution is 7.81. The topological polar surface area (TPSA) is 75.8 Å². The van der Waals surface area contributed by atoms with Gasteiger partial charge in [-0.25, -0.2) is 0 Å². The molecule has 0 aromatic heterocycles. The summed E-state index contributed by atoms with van der Waals surface area (Å²) < 4.78 is 63.1. The molecule has 3 aromatic rings. The molecule has 0 heterocycles. The molecule has 0 aliphatic rings. The fourth-order valence-corrected chi connectivity index (χ4v) is 3.36. The average molecular weight is 541 g/mol. The van der Waals surface area contributed by atoms with Crippen LogP contribution in [0, 0.1) is 0 Å². The molecule has 0 aliphatic heterocycles. The molecule has 13 heteroatoms. The van der Waals surface area contributed by atoms with Gasteiger partial charge in [-0.2, -0.15) is 17.6 Å². The molecule has 0 bridgehead atoms. The summed E-state index contributed by atoms with van der Waals surface area (Å²) in [6, 6.07) is 16.9. The first-order chi connectivity index (χ1) is 17.2. The van der Waals surface area contributed by atoms with E-state index >= 15 is 0 Å². The van der Waals surface area contributed by atoms with Gasteiger partial charge < -0.3 is 35.5 Å². The summed E-state index contributed by atoms with van der Waals surface area (Å²) in [6.45, 7) is -5.81. The average Bonchev–Trinajstić information content (AvgIpc) is 2.81. The van der Waals surface area contributed by atoms with Gasteiger partial charge in [0.1, 0.15) is 17.2 Å². The fraction of sp³-hybridized carbons (Fsp3) is 0.130. The highest BCUT2D eigenvalue weighted by Gasteiger charge is 2.10. The van der Waals surface area contributed by atoms with E-state index in [4.69, 9.17) is 29.2 Å². The first-order valence-corrected chi connectivity index (χ1v) is 11.0. The second kappa shape index (κ2) is 12.7.